The molecule has 1 aromatic rings. The van der Waals surface area contributed by atoms with Crippen molar-refractivity contribution < 1.29 is 4.92 Å². The first-order valence-corrected chi connectivity index (χ1v) is 3.51. The zero-order chi connectivity index (χ0) is 9.84. The third-order valence-electron chi connectivity index (χ3n) is 1.23. The van der Waals surface area contributed by atoms with E-state index in [0.717, 1.165) is 0 Å². The Balaban J connectivity index is 3.06. The van der Waals surface area contributed by atoms with Crippen LogP contribution < -0.4 is 5.73 Å². The highest BCUT2D eigenvalue weighted by molar-refractivity contribution is 5.80. The van der Waals surface area contributed by atoms with Crippen LogP contribution in [0.3, 0.4) is 0 Å². The molecule has 6 heteroatoms. The number of hydrogen-bond donors (Lipinski definition) is 1. The lowest BCUT2D eigenvalue weighted by Gasteiger charge is -1.93. The molecule has 0 saturated heterocycles. The van der Waals surface area contributed by atoms with Gasteiger partial charge in [0.15, 0.2) is 5.82 Å². The lowest BCUT2D eigenvalue weighted by Crippen LogP contribution is -2.04. The van der Waals surface area contributed by atoms with Crippen molar-refractivity contribution in [3.63, 3.8) is 0 Å². The molecule has 0 aromatic carbocycles. The Bertz CT molecular complexity index is 357. The van der Waals surface area contributed by atoms with Crippen LogP contribution in [0.15, 0.2) is 23.3 Å². The lowest BCUT2D eigenvalue weighted by molar-refractivity contribution is -0.384. The highest BCUT2D eigenvalue weighted by Gasteiger charge is 2.05. The zero-order valence-electron chi connectivity index (χ0n) is 6.97. The van der Waals surface area contributed by atoms with Gasteiger partial charge in [0.05, 0.1) is 16.8 Å². The summed E-state index contributed by atoms with van der Waals surface area (Å²) in [6.45, 7) is 1.58. The average Bonchev–Trinajstić information content (AvgIpc) is 2.03. The van der Waals surface area contributed by atoms with E-state index < -0.39 is 4.92 Å². The molecule has 68 valence electrons. The zero-order valence-corrected chi connectivity index (χ0v) is 6.97. The van der Waals surface area contributed by atoms with Gasteiger partial charge in [-0.1, -0.05) is 0 Å². The summed E-state index contributed by atoms with van der Waals surface area (Å²) < 4.78 is 0. The van der Waals surface area contributed by atoms with Gasteiger partial charge in [-0.15, -0.1) is 0 Å². The van der Waals surface area contributed by atoms with E-state index in [1.165, 1.54) is 18.3 Å². The quantitative estimate of drug-likeness (QED) is 0.318. The Labute approximate surface area is 74.3 Å². The van der Waals surface area contributed by atoms with Gasteiger partial charge >= 0.3 is 0 Å². The number of aliphatic imine (C=N–C) groups is 1. The molecule has 1 aromatic heterocycles. The van der Waals surface area contributed by atoms with E-state index in [1.54, 1.807) is 6.92 Å². The molecule has 1 heterocycles. The second-order valence-corrected chi connectivity index (χ2v) is 2.38. The molecule has 1 rings (SSSR count). The summed E-state index contributed by atoms with van der Waals surface area (Å²) in [4.78, 5) is 17.4. The van der Waals surface area contributed by atoms with E-state index >= 15 is 0 Å². The molecule has 0 amide bonds. The fourth-order valence-electron chi connectivity index (χ4n) is 0.763. The van der Waals surface area contributed by atoms with Crippen molar-refractivity contribution in [2.75, 3.05) is 0 Å². The molecule has 0 atom stereocenters. The summed E-state index contributed by atoms with van der Waals surface area (Å²) in [5, 5.41) is 10.3. The standard InChI is InChI=1S/C7H8N4O2/c1-5(8)10-7-4-6(11(12)13)2-3-9-7/h2-4H,1H3,(H2,8,9,10). The minimum Gasteiger partial charge on any atom is -0.387 e. The van der Waals surface area contributed by atoms with Crippen LogP contribution in [-0.2, 0) is 0 Å². The molecule has 0 radical (unpaired) electrons. The molecule has 0 bridgehead atoms. The molecular weight excluding hydrogens is 172 g/mol. The first-order chi connectivity index (χ1) is 6.09. The number of pyridine rings is 1. The third kappa shape index (κ3) is 2.51. The minimum atomic E-state index is -0.507. The monoisotopic (exact) mass is 180 g/mol. The molecule has 0 aliphatic carbocycles. The highest BCUT2D eigenvalue weighted by Crippen LogP contribution is 2.16. The lowest BCUT2D eigenvalue weighted by atomic mass is 10.4. The molecule has 0 saturated carbocycles. The molecule has 13 heavy (non-hydrogen) atoms. The first kappa shape index (κ1) is 9.11. The molecule has 0 aliphatic rings. The Morgan fingerprint density at radius 2 is 2.46 bits per heavy atom. The van der Waals surface area contributed by atoms with Gasteiger partial charge in [0.1, 0.15) is 0 Å². The van der Waals surface area contributed by atoms with Crippen LogP contribution in [-0.4, -0.2) is 15.7 Å². The van der Waals surface area contributed by atoms with Gasteiger partial charge < -0.3 is 5.73 Å². The first-order valence-electron chi connectivity index (χ1n) is 3.51. The Hall–Kier alpha value is -1.98. The third-order valence-corrected chi connectivity index (χ3v) is 1.23. The Kier molecular flexibility index (Phi) is 2.53. The van der Waals surface area contributed by atoms with Crippen LogP contribution in [0.5, 0.6) is 0 Å². The van der Waals surface area contributed by atoms with Gasteiger partial charge in [0.25, 0.3) is 5.69 Å². The topological polar surface area (TPSA) is 94.4 Å². The van der Waals surface area contributed by atoms with E-state index in [2.05, 4.69) is 9.98 Å². The fraction of sp³-hybridized carbons (Fsp3) is 0.143. The van der Waals surface area contributed by atoms with Crippen LogP contribution in [0, 0.1) is 10.1 Å². The maximum absolute atomic E-state index is 10.3. The number of aromatic nitrogens is 1. The van der Waals surface area contributed by atoms with Crippen molar-refractivity contribution in [2.24, 2.45) is 10.7 Å². The Morgan fingerprint density at radius 1 is 1.77 bits per heavy atom. The SMILES string of the molecule is CC(N)=Nc1cc([N+](=O)[O-])ccn1. The van der Waals surface area contributed by atoms with Crippen LogP contribution in [0.1, 0.15) is 6.92 Å². The van der Waals surface area contributed by atoms with Crippen molar-refractivity contribution in [1.29, 1.82) is 0 Å². The molecule has 0 aliphatic heterocycles. The number of hydrogen-bond acceptors (Lipinski definition) is 4. The van der Waals surface area contributed by atoms with Gasteiger partial charge in [0, 0.05) is 12.3 Å². The summed E-state index contributed by atoms with van der Waals surface area (Å²) in [7, 11) is 0. The van der Waals surface area contributed by atoms with E-state index in [-0.39, 0.29) is 11.5 Å². The number of amidine groups is 1. The van der Waals surface area contributed by atoms with Gasteiger partial charge in [0.2, 0.25) is 0 Å². The summed E-state index contributed by atoms with van der Waals surface area (Å²) in [6.07, 6.45) is 1.32. The smallest absolute Gasteiger partial charge is 0.274 e. The molecule has 0 fully saturated rings. The number of nitrogens with zero attached hydrogens (tertiary/aromatic N) is 3. The second-order valence-electron chi connectivity index (χ2n) is 2.38. The van der Waals surface area contributed by atoms with E-state index in [4.69, 9.17) is 5.73 Å². The molecule has 6 nitrogen and oxygen atoms in total. The normalized spacial score (nSPS) is 11.3. The van der Waals surface area contributed by atoms with E-state index in [1.807, 2.05) is 0 Å². The van der Waals surface area contributed by atoms with Gasteiger partial charge in [-0.2, -0.15) is 0 Å². The maximum atomic E-state index is 10.3. The van der Waals surface area contributed by atoms with Crippen molar-refractivity contribution in [3.05, 3.63) is 28.4 Å². The fourth-order valence-corrected chi connectivity index (χ4v) is 0.763. The number of nitro groups is 1. The van der Waals surface area contributed by atoms with Crippen LogP contribution >= 0.6 is 0 Å². The molecular formula is C7H8N4O2. The van der Waals surface area contributed by atoms with Crippen molar-refractivity contribution in [3.8, 4) is 0 Å². The average molecular weight is 180 g/mol. The highest BCUT2D eigenvalue weighted by atomic mass is 16.6. The van der Waals surface area contributed by atoms with Crippen molar-refractivity contribution >= 4 is 17.3 Å². The molecule has 0 spiro atoms. The van der Waals surface area contributed by atoms with Gasteiger partial charge in [-0.3, -0.25) is 10.1 Å². The second kappa shape index (κ2) is 3.61. The van der Waals surface area contributed by atoms with Crippen LogP contribution in [0.2, 0.25) is 0 Å². The molecule has 0 unspecified atom stereocenters. The van der Waals surface area contributed by atoms with Gasteiger partial charge in [-0.25, -0.2) is 9.98 Å². The van der Waals surface area contributed by atoms with Crippen LogP contribution in [0.25, 0.3) is 0 Å². The van der Waals surface area contributed by atoms with Crippen molar-refractivity contribution in [1.82, 2.24) is 4.98 Å². The summed E-state index contributed by atoms with van der Waals surface area (Å²) in [5.74, 6) is 0.558. The predicted octanol–water partition coefficient (Wildman–Crippen LogP) is 0.998. The number of nitrogens with two attached hydrogens (primary N) is 1. The number of rotatable bonds is 2. The summed E-state index contributed by atoms with van der Waals surface area (Å²) in [6, 6.07) is 2.56. The van der Waals surface area contributed by atoms with Gasteiger partial charge in [-0.05, 0) is 6.92 Å². The predicted molar refractivity (Wildman–Crippen MR) is 47.8 cm³/mol. The molecule has 2 N–H and O–H groups in total. The minimum absolute atomic E-state index is 0.0463. The Morgan fingerprint density at radius 3 is 3.00 bits per heavy atom. The maximum Gasteiger partial charge on any atom is 0.274 e. The van der Waals surface area contributed by atoms with Crippen LogP contribution in [0.4, 0.5) is 11.5 Å². The van der Waals surface area contributed by atoms with E-state index in [9.17, 15) is 10.1 Å². The van der Waals surface area contributed by atoms with Crippen molar-refractivity contribution in [2.45, 2.75) is 6.92 Å². The summed E-state index contributed by atoms with van der Waals surface area (Å²) in [5.41, 5.74) is 5.24. The van der Waals surface area contributed by atoms with E-state index in [0.29, 0.717) is 5.84 Å². The summed E-state index contributed by atoms with van der Waals surface area (Å²) >= 11 is 0. The largest absolute Gasteiger partial charge is 0.387 e.